The minimum atomic E-state index is 0.380. The van der Waals surface area contributed by atoms with E-state index in [1.807, 2.05) is 0 Å². The van der Waals surface area contributed by atoms with Crippen LogP contribution < -0.4 is 4.74 Å². The number of likely N-dealkylation sites (tertiary alicyclic amines) is 1. The van der Waals surface area contributed by atoms with E-state index in [9.17, 15) is 0 Å². The topological polar surface area (TPSA) is 15.7 Å². The molecule has 0 aromatic heterocycles. The van der Waals surface area contributed by atoms with Gasteiger partial charge in [0.15, 0.2) is 0 Å². The summed E-state index contributed by atoms with van der Waals surface area (Å²) in [7, 11) is 2.28. The summed E-state index contributed by atoms with van der Waals surface area (Å²) in [6.07, 6.45) is 9.63. The highest BCUT2D eigenvalue weighted by molar-refractivity contribution is 5.27. The van der Waals surface area contributed by atoms with Gasteiger partial charge in [0, 0.05) is 31.7 Å². The van der Waals surface area contributed by atoms with Gasteiger partial charge in [-0.25, -0.2) is 0 Å². The number of nitrogens with zero attached hydrogens (tertiary/aromatic N) is 2. The van der Waals surface area contributed by atoms with Crippen molar-refractivity contribution < 1.29 is 4.74 Å². The summed E-state index contributed by atoms with van der Waals surface area (Å²) < 4.78 is 6.22. The van der Waals surface area contributed by atoms with Gasteiger partial charge in [0.1, 0.15) is 11.9 Å². The van der Waals surface area contributed by atoms with Crippen LogP contribution in [0.3, 0.4) is 0 Å². The van der Waals surface area contributed by atoms with Gasteiger partial charge >= 0.3 is 0 Å². The van der Waals surface area contributed by atoms with Crippen molar-refractivity contribution in [2.75, 3.05) is 20.1 Å². The summed E-state index contributed by atoms with van der Waals surface area (Å²) in [5.74, 6) is 1.03. The van der Waals surface area contributed by atoms with E-state index < -0.39 is 0 Å². The quantitative estimate of drug-likeness (QED) is 0.744. The summed E-state index contributed by atoms with van der Waals surface area (Å²) in [5.41, 5.74) is 1.40. The number of hydrogen-bond acceptors (Lipinski definition) is 3. The Balaban J connectivity index is 1.46. The SMILES string of the molecule is CC(C)N1CCC(Oc2ccc(CN(C)C3CCCCC3)cc2)CC1. The van der Waals surface area contributed by atoms with E-state index in [1.54, 1.807) is 0 Å². The fraction of sp³-hybridized carbons (Fsp3) is 0.727. The number of rotatable bonds is 6. The Morgan fingerprint density at radius 3 is 2.24 bits per heavy atom. The number of ether oxygens (including phenoxy) is 1. The van der Waals surface area contributed by atoms with Crippen LogP contribution in [0, 0.1) is 0 Å². The fourth-order valence-corrected chi connectivity index (χ4v) is 4.31. The second-order valence-electron chi connectivity index (χ2n) is 8.30. The summed E-state index contributed by atoms with van der Waals surface area (Å²) in [5, 5.41) is 0. The van der Waals surface area contributed by atoms with Crippen molar-refractivity contribution in [3.05, 3.63) is 29.8 Å². The minimum absolute atomic E-state index is 0.380. The molecular weight excluding hydrogens is 308 g/mol. The van der Waals surface area contributed by atoms with Gasteiger partial charge < -0.3 is 9.64 Å². The molecule has 0 bridgehead atoms. The van der Waals surface area contributed by atoms with E-state index in [4.69, 9.17) is 4.74 Å². The van der Waals surface area contributed by atoms with Gasteiger partial charge in [0.2, 0.25) is 0 Å². The molecule has 3 nitrogen and oxygen atoms in total. The largest absolute Gasteiger partial charge is 0.490 e. The zero-order valence-electron chi connectivity index (χ0n) is 16.4. The highest BCUT2D eigenvalue weighted by Crippen LogP contribution is 2.24. The second-order valence-corrected chi connectivity index (χ2v) is 8.30. The maximum absolute atomic E-state index is 6.22. The molecule has 1 saturated heterocycles. The highest BCUT2D eigenvalue weighted by Gasteiger charge is 2.22. The van der Waals surface area contributed by atoms with Crippen molar-refractivity contribution in [3.63, 3.8) is 0 Å². The molecule has 1 saturated carbocycles. The van der Waals surface area contributed by atoms with Crippen molar-refractivity contribution >= 4 is 0 Å². The molecule has 25 heavy (non-hydrogen) atoms. The molecule has 0 radical (unpaired) electrons. The molecule has 0 spiro atoms. The molecule has 0 N–H and O–H groups in total. The lowest BCUT2D eigenvalue weighted by Gasteiger charge is -2.34. The molecule has 3 rings (SSSR count). The zero-order valence-corrected chi connectivity index (χ0v) is 16.4. The Morgan fingerprint density at radius 1 is 1.00 bits per heavy atom. The van der Waals surface area contributed by atoms with Crippen LogP contribution in [0.2, 0.25) is 0 Å². The maximum Gasteiger partial charge on any atom is 0.119 e. The third kappa shape index (κ3) is 5.46. The van der Waals surface area contributed by atoms with Crippen molar-refractivity contribution in [1.29, 1.82) is 0 Å². The normalized spacial score (nSPS) is 21.2. The molecule has 2 fully saturated rings. The van der Waals surface area contributed by atoms with Gasteiger partial charge in [-0.1, -0.05) is 31.4 Å². The van der Waals surface area contributed by atoms with E-state index in [0.717, 1.165) is 44.3 Å². The molecule has 0 atom stereocenters. The van der Waals surface area contributed by atoms with Crippen molar-refractivity contribution in [2.24, 2.45) is 0 Å². The maximum atomic E-state index is 6.22. The minimum Gasteiger partial charge on any atom is -0.490 e. The summed E-state index contributed by atoms with van der Waals surface area (Å²) >= 11 is 0. The van der Waals surface area contributed by atoms with Crippen LogP contribution in [0.1, 0.15) is 64.4 Å². The Bertz CT molecular complexity index is 499. The van der Waals surface area contributed by atoms with Crippen LogP contribution in [0.4, 0.5) is 0 Å². The molecule has 0 amide bonds. The molecule has 0 unspecified atom stereocenters. The molecule has 1 aliphatic heterocycles. The average molecular weight is 345 g/mol. The van der Waals surface area contributed by atoms with Gasteiger partial charge in [-0.05, 0) is 64.3 Å². The lowest BCUT2D eigenvalue weighted by Crippen LogP contribution is -2.41. The molecule has 1 aromatic carbocycles. The predicted octanol–water partition coefficient (Wildman–Crippen LogP) is 4.70. The monoisotopic (exact) mass is 344 g/mol. The number of hydrogen-bond donors (Lipinski definition) is 0. The predicted molar refractivity (Wildman–Crippen MR) is 105 cm³/mol. The lowest BCUT2D eigenvalue weighted by atomic mass is 9.94. The second kappa shape index (κ2) is 9.05. The molecule has 1 heterocycles. The van der Waals surface area contributed by atoms with Gasteiger partial charge in [0.05, 0.1) is 0 Å². The number of piperidine rings is 1. The van der Waals surface area contributed by atoms with E-state index in [-0.39, 0.29) is 0 Å². The van der Waals surface area contributed by atoms with Crippen molar-refractivity contribution in [1.82, 2.24) is 9.80 Å². The molecule has 2 aliphatic rings. The van der Waals surface area contributed by atoms with Crippen molar-refractivity contribution in [3.8, 4) is 5.75 Å². The van der Waals surface area contributed by atoms with Crippen LogP contribution in [-0.4, -0.2) is 48.1 Å². The Hall–Kier alpha value is -1.06. The van der Waals surface area contributed by atoms with E-state index >= 15 is 0 Å². The molecule has 3 heteroatoms. The fourth-order valence-electron chi connectivity index (χ4n) is 4.31. The standard InChI is InChI=1S/C22H36N2O/c1-18(2)24-15-13-22(14-16-24)25-21-11-9-19(10-12-21)17-23(3)20-7-5-4-6-8-20/h9-12,18,20,22H,4-8,13-17H2,1-3H3. The first-order valence-electron chi connectivity index (χ1n) is 10.3. The first kappa shape index (κ1) is 18.7. The zero-order chi connectivity index (χ0) is 17.6. The third-order valence-corrected chi connectivity index (χ3v) is 6.06. The van der Waals surface area contributed by atoms with Gasteiger partial charge in [0.25, 0.3) is 0 Å². The van der Waals surface area contributed by atoms with Gasteiger partial charge in [-0.15, -0.1) is 0 Å². The van der Waals surface area contributed by atoms with Crippen LogP contribution in [0.25, 0.3) is 0 Å². The summed E-state index contributed by atoms with van der Waals surface area (Å²) in [4.78, 5) is 5.08. The van der Waals surface area contributed by atoms with Crippen LogP contribution in [0.5, 0.6) is 5.75 Å². The van der Waals surface area contributed by atoms with Crippen LogP contribution in [-0.2, 0) is 6.54 Å². The van der Waals surface area contributed by atoms with E-state index in [1.165, 1.54) is 37.7 Å². The van der Waals surface area contributed by atoms with Gasteiger partial charge in [-0.2, -0.15) is 0 Å². The Labute approximate surface area is 154 Å². The Morgan fingerprint density at radius 2 is 1.64 bits per heavy atom. The summed E-state index contributed by atoms with van der Waals surface area (Å²) in [6, 6.07) is 10.3. The smallest absolute Gasteiger partial charge is 0.119 e. The Kier molecular flexibility index (Phi) is 6.77. The first-order valence-corrected chi connectivity index (χ1v) is 10.3. The summed E-state index contributed by atoms with van der Waals surface area (Å²) in [6.45, 7) is 7.94. The third-order valence-electron chi connectivity index (χ3n) is 6.06. The van der Waals surface area contributed by atoms with Crippen LogP contribution in [0.15, 0.2) is 24.3 Å². The van der Waals surface area contributed by atoms with Crippen molar-refractivity contribution in [2.45, 2.75) is 83.5 Å². The van der Waals surface area contributed by atoms with Gasteiger partial charge in [-0.3, -0.25) is 4.90 Å². The van der Waals surface area contributed by atoms with Crippen LogP contribution >= 0.6 is 0 Å². The van der Waals surface area contributed by atoms with E-state index in [2.05, 4.69) is 55.0 Å². The molecule has 1 aliphatic carbocycles. The molecular formula is C22H36N2O. The number of benzene rings is 1. The van der Waals surface area contributed by atoms with E-state index in [0.29, 0.717) is 12.1 Å². The average Bonchev–Trinajstić information content (AvgIpc) is 2.64. The highest BCUT2D eigenvalue weighted by atomic mass is 16.5. The molecule has 140 valence electrons. The molecule has 1 aromatic rings. The first-order chi connectivity index (χ1) is 12.1. The lowest BCUT2D eigenvalue weighted by molar-refractivity contribution is 0.0843.